The smallest absolute Gasteiger partial charge is 0.307 e. The number of halogens is 4. The molecule has 15 heteroatoms. The fourth-order valence-corrected chi connectivity index (χ4v) is 7.61. The van der Waals surface area contributed by atoms with Crippen LogP contribution in [0.1, 0.15) is 16.8 Å². The summed E-state index contributed by atoms with van der Waals surface area (Å²) in [5.74, 6) is 1.91. The molecule has 4 aromatic rings. The van der Waals surface area contributed by atoms with Crippen LogP contribution in [-0.2, 0) is 31.1 Å². The Morgan fingerprint density at radius 1 is 0.878 bits per heavy atom. The molecule has 0 amide bonds. The van der Waals surface area contributed by atoms with Crippen molar-refractivity contribution in [3.8, 4) is 23.0 Å². The number of ether oxygens (including phenoxy) is 3. The predicted octanol–water partition coefficient (Wildman–Crippen LogP) is 5.50. The quantitative estimate of drug-likeness (QED) is 0.0947. The largest absolute Gasteiger partial charge is 0.485 e. The van der Waals surface area contributed by atoms with Crippen LogP contribution in [0.15, 0.2) is 59.7 Å². The second kappa shape index (κ2) is 14.8. The van der Waals surface area contributed by atoms with Crippen molar-refractivity contribution in [2.45, 2.75) is 26.3 Å². The van der Waals surface area contributed by atoms with Crippen LogP contribution in [0.4, 0.5) is 0 Å². The molecule has 1 aromatic heterocycles. The first kappa shape index (κ1) is 31.8. The van der Waals surface area contributed by atoms with E-state index < -0.39 is 5.97 Å². The molecule has 0 fully saturated rings. The Kier molecular flexibility index (Phi) is 11.5. The van der Waals surface area contributed by atoms with Crippen molar-refractivity contribution in [2.24, 2.45) is 16.5 Å². The van der Waals surface area contributed by atoms with Crippen LogP contribution in [0.25, 0.3) is 0 Å². The van der Waals surface area contributed by atoms with Gasteiger partial charge in [-0.2, -0.15) is 0 Å². The SMILES string of the molecule is NC(N)=NCc1ccc(OCn2cc(COc3c(I)cc(Oc4c(I)cc(CC(=O)O)cc4I)cc3I)nn2)cc1. The Hall–Kier alpha value is -2.14. The third kappa shape index (κ3) is 9.43. The number of benzene rings is 3. The topological polar surface area (TPSA) is 160 Å². The van der Waals surface area contributed by atoms with Crippen molar-refractivity contribution in [1.82, 2.24) is 15.0 Å². The summed E-state index contributed by atoms with van der Waals surface area (Å²) in [6.07, 6.45) is 1.73. The lowest BCUT2D eigenvalue weighted by Crippen LogP contribution is -2.22. The van der Waals surface area contributed by atoms with E-state index in [-0.39, 0.29) is 25.7 Å². The molecule has 0 spiro atoms. The van der Waals surface area contributed by atoms with Crippen LogP contribution in [0, 0.1) is 14.3 Å². The van der Waals surface area contributed by atoms with Gasteiger partial charge in [-0.05, 0) is 138 Å². The first-order valence-electron chi connectivity index (χ1n) is 11.7. The summed E-state index contributed by atoms with van der Waals surface area (Å²) in [6.45, 7) is 0.828. The molecule has 0 atom stereocenters. The minimum absolute atomic E-state index is 0.0362. The average Bonchev–Trinajstić information content (AvgIpc) is 3.36. The van der Waals surface area contributed by atoms with Crippen molar-refractivity contribution in [2.75, 3.05) is 0 Å². The maximum atomic E-state index is 11.1. The number of hydrogen-bond acceptors (Lipinski definition) is 7. The van der Waals surface area contributed by atoms with E-state index >= 15 is 0 Å². The van der Waals surface area contributed by atoms with Crippen molar-refractivity contribution in [1.29, 1.82) is 0 Å². The van der Waals surface area contributed by atoms with E-state index in [9.17, 15) is 4.79 Å². The highest BCUT2D eigenvalue weighted by Gasteiger charge is 2.16. The number of hydrogen-bond donors (Lipinski definition) is 3. The van der Waals surface area contributed by atoms with Crippen LogP contribution in [-0.4, -0.2) is 32.0 Å². The number of nitrogens with two attached hydrogens (primary N) is 2. The molecule has 0 unspecified atom stereocenters. The maximum absolute atomic E-state index is 11.1. The van der Waals surface area contributed by atoms with Gasteiger partial charge in [-0.15, -0.1) is 5.10 Å². The van der Waals surface area contributed by atoms with Gasteiger partial charge in [0.25, 0.3) is 0 Å². The first-order chi connectivity index (χ1) is 19.6. The summed E-state index contributed by atoms with van der Waals surface area (Å²) in [5, 5.41) is 17.4. The van der Waals surface area contributed by atoms with E-state index in [4.69, 9.17) is 30.8 Å². The van der Waals surface area contributed by atoms with Gasteiger partial charge in [0.05, 0.1) is 33.4 Å². The number of guanidine groups is 1. The van der Waals surface area contributed by atoms with E-state index in [1.54, 1.807) is 10.9 Å². The van der Waals surface area contributed by atoms with Crippen LogP contribution in [0.3, 0.4) is 0 Å². The van der Waals surface area contributed by atoms with Gasteiger partial charge in [0, 0.05) is 0 Å². The van der Waals surface area contributed by atoms with Gasteiger partial charge in [-0.1, -0.05) is 17.3 Å². The van der Waals surface area contributed by atoms with Crippen molar-refractivity contribution < 1.29 is 24.1 Å². The zero-order chi connectivity index (χ0) is 29.5. The summed E-state index contributed by atoms with van der Waals surface area (Å²) in [4.78, 5) is 15.1. The molecule has 0 aliphatic heterocycles. The van der Waals surface area contributed by atoms with E-state index in [1.807, 2.05) is 48.5 Å². The Labute approximate surface area is 290 Å². The van der Waals surface area contributed by atoms with Gasteiger partial charge in [0.1, 0.15) is 29.5 Å². The lowest BCUT2D eigenvalue weighted by atomic mass is 10.1. The van der Waals surface area contributed by atoms with Crippen LogP contribution in [0.5, 0.6) is 23.0 Å². The highest BCUT2D eigenvalue weighted by Crippen LogP contribution is 2.37. The first-order valence-corrected chi connectivity index (χ1v) is 16.0. The normalized spacial score (nSPS) is 10.7. The van der Waals surface area contributed by atoms with Gasteiger partial charge in [0.2, 0.25) is 0 Å². The summed E-state index contributed by atoms with van der Waals surface area (Å²) in [7, 11) is 0. The van der Waals surface area contributed by atoms with Crippen LogP contribution in [0.2, 0.25) is 0 Å². The van der Waals surface area contributed by atoms with Crippen LogP contribution >= 0.6 is 90.4 Å². The summed E-state index contributed by atoms with van der Waals surface area (Å²) < 4.78 is 23.0. The van der Waals surface area contributed by atoms with Gasteiger partial charge in [0.15, 0.2) is 18.4 Å². The molecule has 0 aliphatic rings. The number of carboxylic acids is 1. The number of rotatable bonds is 12. The second-order valence-corrected chi connectivity index (χ2v) is 13.1. The van der Waals surface area contributed by atoms with E-state index in [0.29, 0.717) is 35.2 Å². The van der Waals surface area contributed by atoms with E-state index in [2.05, 4.69) is 106 Å². The van der Waals surface area contributed by atoms with Gasteiger partial charge in [-0.25, -0.2) is 9.67 Å². The molecular weight excluding hydrogens is 984 g/mol. The third-order valence-corrected chi connectivity index (χ3v) is 8.49. The van der Waals surface area contributed by atoms with Crippen molar-refractivity contribution in [3.05, 3.63) is 85.8 Å². The number of aromatic nitrogens is 3. The van der Waals surface area contributed by atoms with E-state index in [1.165, 1.54) is 0 Å². The minimum Gasteiger partial charge on any atom is -0.485 e. The lowest BCUT2D eigenvalue weighted by Gasteiger charge is -2.15. The van der Waals surface area contributed by atoms with E-state index in [0.717, 1.165) is 25.4 Å². The molecule has 5 N–H and O–H groups in total. The lowest BCUT2D eigenvalue weighted by molar-refractivity contribution is -0.136. The third-order valence-electron chi connectivity index (χ3n) is 5.29. The molecule has 0 bridgehead atoms. The highest BCUT2D eigenvalue weighted by molar-refractivity contribution is 14.1. The molecule has 0 aliphatic carbocycles. The molecule has 3 aromatic carbocycles. The zero-order valence-corrected chi connectivity index (χ0v) is 29.7. The minimum atomic E-state index is -0.871. The molecule has 0 radical (unpaired) electrons. The number of nitrogens with zero attached hydrogens (tertiary/aromatic N) is 4. The van der Waals surface area contributed by atoms with Gasteiger partial charge < -0.3 is 30.8 Å². The fourth-order valence-electron chi connectivity index (χ4n) is 3.47. The number of carbonyl (C=O) groups is 1. The molecule has 1 heterocycles. The summed E-state index contributed by atoms with van der Waals surface area (Å²) in [6, 6.07) is 14.9. The predicted molar refractivity (Wildman–Crippen MR) is 186 cm³/mol. The van der Waals surface area contributed by atoms with Crippen LogP contribution < -0.4 is 25.7 Å². The zero-order valence-electron chi connectivity index (χ0n) is 21.1. The second-order valence-electron chi connectivity index (χ2n) is 8.47. The molecule has 0 saturated carbocycles. The molecule has 0 saturated heterocycles. The standard InChI is InChI=1S/C26H22I4N6O5/c27-19-5-15(7-23(37)38)6-20(28)25(19)41-18-8-21(29)24(22(30)9-18)39-12-16-11-36(35-34-16)13-40-17-3-1-14(2-4-17)10-33-26(31)32/h1-6,8-9,11H,7,10,12-13H2,(H,37,38)(H4,31,32,33). The Balaban J connectivity index is 1.34. The molecule has 214 valence electrons. The number of carboxylic acid groups (broad SMARTS) is 1. The Morgan fingerprint density at radius 2 is 1.51 bits per heavy atom. The summed E-state index contributed by atoms with van der Waals surface area (Å²) >= 11 is 8.74. The molecule has 4 rings (SSSR count). The Bertz CT molecular complexity index is 1530. The molecular formula is C26H22I4N6O5. The average molecular weight is 1010 g/mol. The van der Waals surface area contributed by atoms with Gasteiger partial charge in [-0.3, -0.25) is 4.79 Å². The summed E-state index contributed by atoms with van der Waals surface area (Å²) in [5.41, 5.74) is 13.1. The molecule has 11 nitrogen and oxygen atoms in total. The fraction of sp³-hybridized carbons (Fsp3) is 0.154. The van der Waals surface area contributed by atoms with Crippen molar-refractivity contribution >= 4 is 102 Å². The maximum Gasteiger partial charge on any atom is 0.307 e. The highest BCUT2D eigenvalue weighted by atomic mass is 127. The monoisotopic (exact) mass is 1010 g/mol. The Morgan fingerprint density at radius 3 is 2.12 bits per heavy atom. The molecule has 41 heavy (non-hydrogen) atoms. The van der Waals surface area contributed by atoms with Gasteiger partial charge >= 0.3 is 5.97 Å². The number of aliphatic carboxylic acids is 1. The van der Waals surface area contributed by atoms with Crippen molar-refractivity contribution in [3.63, 3.8) is 0 Å². The number of aliphatic imine (C=N–C) groups is 1.